The van der Waals surface area contributed by atoms with Gasteiger partial charge in [-0.2, -0.15) is 0 Å². The molecule has 1 atom stereocenters. The number of anilines is 1. The minimum absolute atomic E-state index is 0.112. The molecular weight excluding hydrogens is 354 g/mol. The number of carbonyl (C=O) groups is 1. The highest BCUT2D eigenvalue weighted by molar-refractivity contribution is 7.80. The van der Waals surface area contributed by atoms with Crippen molar-refractivity contribution in [3.05, 3.63) is 18.2 Å². The minimum Gasteiger partial charge on any atom is -0.493 e. The molecule has 1 N–H and O–H groups in total. The lowest BCUT2D eigenvalue weighted by molar-refractivity contribution is -0.142. The third-order valence-electron chi connectivity index (χ3n) is 4.72. The zero-order chi connectivity index (χ0) is 18.5. The Hall–Kier alpha value is -2.06. The molecule has 1 amide bonds. The van der Waals surface area contributed by atoms with Crippen molar-refractivity contribution in [1.29, 1.82) is 0 Å². The number of hydrogen-bond donors (Lipinski definition) is 1. The van der Waals surface area contributed by atoms with E-state index in [1.807, 2.05) is 23.1 Å². The lowest BCUT2D eigenvalue weighted by Gasteiger charge is -2.37. The molecule has 0 unspecified atom stereocenters. The van der Waals surface area contributed by atoms with E-state index in [4.69, 9.17) is 26.4 Å². The molecule has 0 aromatic heterocycles. The Balaban J connectivity index is 1.53. The summed E-state index contributed by atoms with van der Waals surface area (Å²) in [7, 11) is 3.21. The Bertz CT molecular complexity index is 656. The first-order valence-electron chi connectivity index (χ1n) is 8.80. The first kappa shape index (κ1) is 18.7. The second-order valence-electron chi connectivity index (χ2n) is 6.31. The highest BCUT2D eigenvalue weighted by Crippen LogP contribution is 2.29. The molecule has 26 heavy (non-hydrogen) atoms. The Kier molecular flexibility index (Phi) is 6.16. The van der Waals surface area contributed by atoms with E-state index in [9.17, 15) is 4.79 Å². The number of nitrogens with one attached hydrogen (secondary N) is 1. The maximum Gasteiger partial charge on any atom is 0.251 e. The summed E-state index contributed by atoms with van der Waals surface area (Å²) >= 11 is 5.52. The van der Waals surface area contributed by atoms with Crippen LogP contribution in [0.2, 0.25) is 0 Å². The van der Waals surface area contributed by atoms with Crippen LogP contribution < -0.4 is 14.8 Å². The van der Waals surface area contributed by atoms with E-state index in [1.54, 1.807) is 14.2 Å². The van der Waals surface area contributed by atoms with Gasteiger partial charge in [0, 0.05) is 44.5 Å². The summed E-state index contributed by atoms with van der Waals surface area (Å²) in [5.74, 6) is 1.43. The molecule has 8 heteroatoms. The third-order valence-corrected chi connectivity index (χ3v) is 5.08. The summed E-state index contributed by atoms with van der Waals surface area (Å²) in [6, 6.07) is 5.58. The van der Waals surface area contributed by atoms with Gasteiger partial charge in [-0.05, 0) is 37.2 Å². The Labute approximate surface area is 159 Å². The van der Waals surface area contributed by atoms with Crippen molar-refractivity contribution in [1.82, 2.24) is 9.80 Å². The van der Waals surface area contributed by atoms with Crippen molar-refractivity contribution in [3.63, 3.8) is 0 Å². The summed E-state index contributed by atoms with van der Waals surface area (Å²) in [5.41, 5.74) is 0.838. The molecule has 3 rings (SSSR count). The fraction of sp³-hybridized carbons (Fsp3) is 0.556. The highest BCUT2D eigenvalue weighted by atomic mass is 32.1. The first-order chi connectivity index (χ1) is 12.6. The number of thiocarbonyl (C=S) groups is 1. The molecule has 1 aromatic rings. The number of carbonyl (C=O) groups excluding carboxylic acids is 1. The van der Waals surface area contributed by atoms with Crippen LogP contribution in [0.5, 0.6) is 11.5 Å². The van der Waals surface area contributed by atoms with E-state index in [1.165, 1.54) is 0 Å². The SMILES string of the molecule is COc1ccc(NC(=S)N2CCN(C(=O)[C@H]3CCCO3)CC2)cc1OC. The van der Waals surface area contributed by atoms with Crippen LogP contribution in [0.25, 0.3) is 0 Å². The van der Waals surface area contributed by atoms with Crippen LogP contribution >= 0.6 is 12.2 Å². The topological polar surface area (TPSA) is 63.3 Å². The van der Waals surface area contributed by atoms with Crippen LogP contribution in [0.15, 0.2) is 18.2 Å². The van der Waals surface area contributed by atoms with Gasteiger partial charge in [0.05, 0.1) is 14.2 Å². The second-order valence-corrected chi connectivity index (χ2v) is 6.70. The summed E-state index contributed by atoms with van der Waals surface area (Å²) in [5, 5.41) is 3.87. The Morgan fingerprint density at radius 1 is 1.15 bits per heavy atom. The van der Waals surface area contributed by atoms with Crippen LogP contribution in [0, 0.1) is 0 Å². The molecule has 2 fully saturated rings. The molecule has 0 bridgehead atoms. The molecule has 0 radical (unpaired) electrons. The average molecular weight is 379 g/mol. The number of rotatable bonds is 4. The third kappa shape index (κ3) is 4.19. The fourth-order valence-electron chi connectivity index (χ4n) is 3.22. The maximum atomic E-state index is 12.4. The zero-order valence-electron chi connectivity index (χ0n) is 15.2. The average Bonchev–Trinajstić information content (AvgIpc) is 3.22. The zero-order valence-corrected chi connectivity index (χ0v) is 16.0. The van der Waals surface area contributed by atoms with Crippen LogP contribution in [-0.2, 0) is 9.53 Å². The standard InChI is InChI=1S/C18H25N3O4S/c1-23-14-6-5-13(12-16(14)24-2)19-18(26)21-9-7-20(8-10-21)17(22)15-4-3-11-25-15/h5-6,12,15H,3-4,7-11H2,1-2H3,(H,19,26)/t15-/m1/s1. The molecule has 2 aliphatic rings. The van der Waals surface area contributed by atoms with Crippen molar-refractivity contribution in [2.45, 2.75) is 18.9 Å². The predicted octanol–water partition coefficient (Wildman–Crippen LogP) is 1.72. The van der Waals surface area contributed by atoms with Gasteiger partial charge in [0.2, 0.25) is 0 Å². The smallest absolute Gasteiger partial charge is 0.251 e. The quantitative estimate of drug-likeness (QED) is 0.799. The van der Waals surface area contributed by atoms with Crippen LogP contribution in [0.1, 0.15) is 12.8 Å². The number of benzene rings is 1. The van der Waals surface area contributed by atoms with E-state index >= 15 is 0 Å². The number of amides is 1. The number of nitrogens with zero attached hydrogens (tertiary/aromatic N) is 2. The van der Waals surface area contributed by atoms with E-state index < -0.39 is 0 Å². The van der Waals surface area contributed by atoms with Gasteiger partial charge < -0.3 is 29.3 Å². The largest absolute Gasteiger partial charge is 0.493 e. The van der Waals surface area contributed by atoms with Gasteiger partial charge in [-0.1, -0.05) is 0 Å². The van der Waals surface area contributed by atoms with E-state index in [0.29, 0.717) is 49.4 Å². The van der Waals surface area contributed by atoms with Crippen molar-refractivity contribution in [3.8, 4) is 11.5 Å². The van der Waals surface area contributed by atoms with Crippen molar-refractivity contribution in [2.75, 3.05) is 52.3 Å². The molecule has 0 aliphatic carbocycles. The molecule has 0 saturated carbocycles. The molecule has 2 saturated heterocycles. The minimum atomic E-state index is -0.251. The lowest BCUT2D eigenvalue weighted by Crippen LogP contribution is -2.53. The van der Waals surface area contributed by atoms with Gasteiger partial charge in [-0.25, -0.2) is 0 Å². The molecule has 7 nitrogen and oxygen atoms in total. The lowest BCUT2D eigenvalue weighted by atomic mass is 10.2. The highest BCUT2D eigenvalue weighted by Gasteiger charge is 2.30. The van der Waals surface area contributed by atoms with Gasteiger partial charge in [-0.3, -0.25) is 4.79 Å². The number of ether oxygens (including phenoxy) is 3. The van der Waals surface area contributed by atoms with E-state index in [-0.39, 0.29) is 12.0 Å². The Morgan fingerprint density at radius 2 is 1.85 bits per heavy atom. The molecular formula is C18H25N3O4S. The van der Waals surface area contributed by atoms with Crippen LogP contribution in [0.4, 0.5) is 5.69 Å². The van der Waals surface area contributed by atoms with Gasteiger partial charge in [0.15, 0.2) is 16.6 Å². The number of methoxy groups -OCH3 is 2. The van der Waals surface area contributed by atoms with Crippen LogP contribution in [-0.4, -0.2) is 73.9 Å². The van der Waals surface area contributed by atoms with Crippen molar-refractivity contribution >= 4 is 28.9 Å². The van der Waals surface area contributed by atoms with Crippen molar-refractivity contribution in [2.24, 2.45) is 0 Å². The van der Waals surface area contributed by atoms with Gasteiger partial charge >= 0.3 is 0 Å². The summed E-state index contributed by atoms with van der Waals surface area (Å²) in [6.45, 7) is 3.42. The molecule has 1 aromatic carbocycles. The summed E-state index contributed by atoms with van der Waals surface area (Å²) < 4.78 is 16.1. The van der Waals surface area contributed by atoms with Gasteiger partial charge in [-0.15, -0.1) is 0 Å². The van der Waals surface area contributed by atoms with Crippen molar-refractivity contribution < 1.29 is 19.0 Å². The monoisotopic (exact) mass is 379 g/mol. The predicted molar refractivity (Wildman–Crippen MR) is 103 cm³/mol. The second kappa shape index (κ2) is 8.55. The summed E-state index contributed by atoms with van der Waals surface area (Å²) in [4.78, 5) is 16.4. The molecule has 142 valence electrons. The molecule has 2 aliphatic heterocycles. The Morgan fingerprint density at radius 3 is 2.46 bits per heavy atom. The molecule has 0 spiro atoms. The normalized spacial score (nSPS) is 20.0. The van der Waals surface area contributed by atoms with E-state index in [2.05, 4.69) is 10.2 Å². The van der Waals surface area contributed by atoms with Gasteiger partial charge in [0.25, 0.3) is 5.91 Å². The number of hydrogen-bond acceptors (Lipinski definition) is 5. The maximum absolute atomic E-state index is 12.4. The fourth-order valence-corrected chi connectivity index (χ4v) is 3.52. The number of piperazine rings is 1. The van der Waals surface area contributed by atoms with Gasteiger partial charge in [0.1, 0.15) is 6.10 Å². The summed E-state index contributed by atoms with van der Waals surface area (Å²) in [6.07, 6.45) is 1.55. The molecule has 2 heterocycles. The first-order valence-corrected chi connectivity index (χ1v) is 9.21. The van der Waals surface area contributed by atoms with Crippen LogP contribution in [0.3, 0.4) is 0 Å². The van der Waals surface area contributed by atoms with E-state index in [0.717, 1.165) is 18.5 Å².